The second-order valence-corrected chi connectivity index (χ2v) is 4.53. The van der Waals surface area contributed by atoms with Crippen molar-refractivity contribution in [1.82, 2.24) is 4.98 Å². The summed E-state index contributed by atoms with van der Waals surface area (Å²) in [6.07, 6.45) is 1.82. The summed E-state index contributed by atoms with van der Waals surface area (Å²) in [5, 5.41) is 0.921. The first-order valence-corrected chi connectivity index (χ1v) is 6.19. The maximum Gasteiger partial charge on any atom is 0.355 e. The van der Waals surface area contributed by atoms with Crippen molar-refractivity contribution in [2.24, 2.45) is 0 Å². The Morgan fingerprint density at radius 2 is 2.22 bits per heavy atom. The molecule has 4 nitrogen and oxygen atoms in total. The van der Waals surface area contributed by atoms with E-state index in [0.717, 1.165) is 23.7 Å². The maximum atomic E-state index is 11.9. The molecule has 2 aromatic rings. The van der Waals surface area contributed by atoms with Gasteiger partial charge >= 0.3 is 5.97 Å². The van der Waals surface area contributed by atoms with E-state index in [-0.39, 0.29) is 12.1 Å². The minimum atomic E-state index is -0.314. The highest BCUT2D eigenvalue weighted by Crippen LogP contribution is 2.19. The molecule has 0 amide bonds. The topological polar surface area (TPSA) is 68.1 Å². The van der Waals surface area contributed by atoms with Gasteiger partial charge in [0.05, 0.1) is 6.10 Å². The maximum absolute atomic E-state index is 11.9. The molecular weight excluding hydrogens is 228 g/mol. The number of H-pyrrole nitrogens is 1. The van der Waals surface area contributed by atoms with Crippen LogP contribution in [0, 0.1) is 0 Å². The lowest BCUT2D eigenvalue weighted by molar-refractivity contribution is 0.0317. The molecule has 0 fully saturated rings. The van der Waals surface area contributed by atoms with Crippen LogP contribution in [-0.4, -0.2) is 17.1 Å². The number of aromatic amines is 1. The van der Waals surface area contributed by atoms with E-state index in [4.69, 9.17) is 10.5 Å². The molecule has 0 radical (unpaired) electrons. The average molecular weight is 246 g/mol. The number of fused-ring (bicyclic) bond motifs is 1. The van der Waals surface area contributed by atoms with Gasteiger partial charge in [-0.2, -0.15) is 0 Å². The molecule has 0 spiro atoms. The van der Waals surface area contributed by atoms with Crippen molar-refractivity contribution in [3.63, 3.8) is 0 Å². The Kier molecular flexibility index (Phi) is 3.55. The monoisotopic (exact) mass is 246 g/mol. The van der Waals surface area contributed by atoms with Gasteiger partial charge < -0.3 is 15.5 Å². The zero-order valence-electron chi connectivity index (χ0n) is 10.7. The van der Waals surface area contributed by atoms with Crippen LogP contribution in [0.15, 0.2) is 24.3 Å². The molecule has 0 bridgehead atoms. The number of carbonyl (C=O) groups excluding carboxylic acids is 1. The number of hydrogen-bond donors (Lipinski definition) is 2. The summed E-state index contributed by atoms with van der Waals surface area (Å²) in [7, 11) is 0. The van der Waals surface area contributed by atoms with Crippen LogP contribution >= 0.6 is 0 Å². The minimum absolute atomic E-state index is 0.0565. The fraction of sp³-hybridized carbons (Fsp3) is 0.357. The summed E-state index contributed by atoms with van der Waals surface area (Å²) >= 11 is 0. The highest BCUT2D eigenvalue weighted by molar-refractivity contribution is 5.95. The van der Waals surface area contributed by atoms with E-state index in [1.807, 2.05) is 19.1 Å². The number of esters is 1. The van der Waals surface area contributed by atoms with Gasteiger partial charge in [0.25, 0.3) is 0 Å². The van der Waals surface area contributed by atoms with Gasteiger partial charge in [-0.05, 0) is 37.6 Å². The van der Waals surface area contributed by atoms with Crippen molar-refractivity contribution in [3.05, 3.63) is 30.0 Å². The average Bonchev–Trinajstić information content (AvgIpc) is 2.72. The van der Waals surface area contributed by atoms with E-state index in [1.165, 1.54) is 0 Å². The molecular formula is C14H18N2O2. The number of nitrogens with two attached hydrogens (primary N) is 1. The highest BCUT2D eigenvalue weighted by atomic mass is 16.5. The molecule has 96 valence electrons. The van der Waals surface area contributed by atoms with Gasteiger partial charge in [-0.3, -0.25) is 0 Å². The van der Waals surface area contributed by atoms with Gasteiger partial charge in [-0.15, -0.1) is 0 Å². The lowest BCUT2D eigenvalue weighted by Gasteiger charge is -2.10. The van der Waals surface area contributed by atoms with Crippen LogP contribution in [0.4, 0.5) is 5.69 Å². The van der Waals surface area contributed by atoms with E-state index in [1.54, 1.807) is 12.1 Å². The SMILES string of the molecule is CCCC(C)OC(=O)c1cc2cc(N)ccc2[nH]1. The van der Waals surface area contributed by atoms with Gasteiger partial charge in [0, 0.05) is 16.6 Å². The van der Waals surface area contributed by atoms with E-state index in [0.29, 0.717) is 11.4 Å². The highest BCUT2D eigenvalue weighted by Gasteiger charge is 2.14. The Labute approximate surface area is 106 Å². The predicted octanol–water partition coefficient (Wildman–Crippen LogP) is 3.10. The van der Waals surface area contributed by atoms with Crippen molar-refractivity contribution >= 4 is 22.6 Å². The van der Waals surface area contributed by atoms with Crippen LogP contribution in [0.25, 0.3) is 10.9 Å². The summed E-state index contributed by atoms with van der Waals surface area (Å²) in [5.74, 6) is -0.314. The first-order chi connectivity index (χ1) is 8.60. The Bertz CT molecular complexity index is 560. The van der Waals surface area contributed by atoms with E-state index >= 15 is 0 Å². The van der Waals surface area contributed by atoms with Gasteiger partial charge in [0.1, 0.15) is 5.69 Å². The summed E-state index contributed by atoms with van der Waals surface area (Å²) in [4.78, 5) is 14.9. The summed E-state index contributed by atoms with van der Waals surface area (Å²) in [6.45, 7) is 3.97. The summed E-state index contributed by atoms with van der Waals surface area (Å²) in [6, 6.07) is 7.26. The quantitative estimate of drug-likeness (QED) is 0.643. The van der Waals surface area contributed by atoms with Crippen LogP contribution < -0.4 is 5.73 Å². The first-order valence-electron chi connectivity index (χ1n) is 6.19. The number of nitrogen functional groups attached to an aromatic ring is 1. The zero-order valence-corrected chi connectivity index (χ0v) is 10.7. The van der Waals surface area contributed by atoms with Gasteiger partial charge in [0.2, 0.25) is 0 Å². The van der Waals surface area contributed by atoms with Gasteiger partial charge in [-0.1, -0.05) is 13.3 Å². The molecule has 0 aliphatic rings. The Hall–Kier alpha value is -1.97. The molecule has 1 aromatic heterocycles. The number of anilines is 1. The normalized spacial score (nSPS) is 12.6. The lowest BCUT2D eigenvalue weighted by atomic mass is 10.2. The third kappa shape index (κ3) is 2.64. The van der Waals surface area contributed by atoms with Crippen molar-refractivity contribution in [2.75, 3.05) is 5.73 Å². The molecule has 0 aliphatic heterocycles. The van der Waals surface area contributed by atoms with E-state index < -0.39 is 0 Å². The number of nitrogens with one attached hydrogen (secondary N) is 1. The van der Waals surface area contributed by atoms with Crippen LogP contribution in [-0.2, 0) is 4.74 Å². The molecule has 1 atom stereocenters. The number of carbonyl (C=O) groups is 1. The molecule has 2 rings (SSSR count). The minimum Gasteiger partial charge on any atom is -0.458 e. The van der Waals surface area contributed by atoms with Crippen LogP contribution in [0.1, 0.15) is 37.2 Å². The Morgan fingerprint density at radius 3 is 2.94 bits per heavy atom. The van der Waals surface area contributed by atoms with Crippen LogP contribution in [0.3, 0.4) is 0 Å². The predicted molar refractivity (Wildman–Crippen MR) is 72.5 cm³/mol. The number of benzene rings is 1. The molecule has 1 heterocycles. The Morgan fingerprint density at radius 1 is 1.44 bits per heavy atom. The van der Waals surface area contributed by atoms with Crippen molar-refractivity contribution in [3.8, 4) is 0 Å². The number of aromatic nitrogens is 1. The lowest BCUT2D eigenvalue weighted by Crippen LogP contribution is -2.14. The molecule has 4 heteroatoms. The molecule has 1 aromatic carbocycles. The second kappa shape index (κ2) is 5.12. The summed E-state index contributed by atoms with van der Waals surface area (Å²) < 4.78 is 5.34. The van der Waals surface area contributed by atoms with Crippen molar-refractivity contribution in [2.45, 2.75) is 32.8 Å². The van der Waals surface area contributed by atoms with Gasteiger partial charge in [-0.25, -0.2) is 4.79 Å². The third-order valence-corrected chi connectivity index (χ3v) is 2.87. The first kappa shape index (κ1) is 12.5. The Balaban J connectivity index is 2.18. The van der Waals surface area contributed by atoms with Crippen LogP contribution in [0.2, 0.25) is 0 Å². The molecule has 1 unspecified atom stereocenters. The van der Waals surface area contributed by atoms with E-state index in [2.05, 4.69) is 11.9 Å². The van der Waals surface area contributed by atoms with Crippen molar-refractivity contribution in [1.29, 1.82) is 0 Å². The zero-order chi connectivity index (χ0) is 13.1. The molecule has 3 N–H and O–H groups in total. The number of ether oxygens (including phenoxy) is 1. The fourth-order valence-electron chi connectivity index (χ4n) is 1.97. The molecule has 0 saturated heterocycles. The number of rotatable bonds is 4. The largest absolute Gasteiger partial charge is 0.458 e. The second-order valence-electron chi connectivity index (χ2n) is 4.53. The standard InChI is InChI=1S/C14H18N2O2/c1-3-4-9(2)18-14(17)13-8-10-7-11(15)5-6-12(10)16-13/h5-9,16H,3-4,15H2,1-2H3. The molecule has 18 heavy (non-hydrogen) atoms. The van der Waals surface area contributed by atoms with Crippen molar-refractivity contribution < 1.29 is 9.53 Å². The fourth-order valence-corrected chi connectivity index (χ4v) is 1.97. The molecule has 0 saturated carbocycles. The smallest absolute Gasteiger partial charge is 0.355 e. The number of hydrogen-bond acceptors (Lipinski definition) is 3. The third-order valence-electron chi connectivity index (χ3n) is 2.87. The van der Waals surface area contributed by atoms with Crippen LogP contribution in [0.5, 0.6) is 0 Å². The molecule has 0 aliphatic carbocycles. The van der Waals surface area contributed by atoms with E-state index in [9.17, 15) is 4.79 Å². The van der Waals surface area contributed by atoms with Gasteiger partial charge in [0.15, 0.2) is 0 Å². The summed E-state index contributed by atoms with van der Waals surface area (Å²) in [5.41, 5.74) is 7.74.